The lowest BCUT2D eigenvalue weighted by atomic mass is 10.3. The van der Waals surface area contributed by atoms with Gasteiger partial charge >= 0.3 is 5.97 Å². The van der Waals surface area contributed by atoms with Crippen LogP contribution in [0, 0.1) is 0 Å². The lowest BCUT2D eigenvalue weighted by Gasteiger charge is -1.99. The molecule has 0 saturated carbocycles. The molecule has 0 bridgehead atoms. The second-order valence-corrected chi connectivity index (χ2v) is 2.23. The van der Waals surface area contributed by atoms with Crippen LogP contribution in [0.1, 0.15) is 19.3 Å². The molecular weight excluding hydrogens is 162 g/mol. The Balaban J connectivity index is 3.31. The van der Waals surface area contributed by atoms with E-state index in [1.54, 1.807) is 0 Å². The SMILES string of the molecule is O=CCCCNC(=O)CC(=O)O. The van der Waals surface area contributed by atoms with Gasteiger partial charge < -0.3 is 15.2 Å². The maximum absolute atomic E-state index is 10.6. The summed E-state index contributed by atoms with van der Waals surface area (Å²) in [7, 11) is 0. The predicted molar refractivity (Wildman–Crippen MR) is 40.6 cm³/mol. The van der Waals surface area contributed by atoms with E-state index in [0.29, 0.717) is 19.4 Å². The van der Waals surface area contributed by atoms with Crippen molar-refractivity contribution in [3.63, 3.8) is 0 Å². The third-order valence-electron chi connectivity index (χ3n) is 1.13. The van der Waals surface area contributed by atoms with E-state index in [-0.39, 0.29) is 0 Å². The van der Waals surface area contributed by atoms with Crippen molar-refractivity contribution < 1.29 is 19.5 Å². The minimum Gasteiger partial charge on any atom is -0.481 e. The van der Waals surface area contributed by atoms with E-state index in [2.05, 4.69) is 5.32 Å². The fraction of sp³-hybridized carbons (Fsp3) is 0.571. The van der Waals surface area contributed by atoms with Gasteiger partial charge in [0.2, 0.25) is 5.91 Å². The Bertz CT molecular complexity index is 178. The summed E-state index contributed by atoms with van der Waals surface area (Å²) in [6.45, 7) is 0.352. The summed E-state index contributed by atoms with van der Waals surface area (Å²) in [5.74, 6) is -1.67. The quantitative estimate of drug-likeness (QED) is 0.324. The van der Waals surface area contributed by atoms with Crippen molar-refractivity contribution in [1.82, 2.24) is 5.32 Å². The summed E-state index contributed by atoms with van der Waals surface area (Å²) in [5.41, 5.74) is 0. The number of hydrogen-bond donors (Lipinski definition) is 2. The molecule has 12 heavy (non-hydrogen) atoms. The second-order valence-electron chi connectivity index (χ2n) is 2.23. The summed E-state index contributed by atoms with van der Waals surface area (Å²) in [4.78, 5) is 30.4. The topological polar surface area (TPSA) is 83.5 Å². The molecule has 0 aromatic heterocycles. The third kappa shape index (κ3) is 6.73. The Hall–Kier alpha value is -1.39. The van der Waals surface area contributed by atoms with Crippen LogP contribution in [0.4, 0.5) is 0 Å². The zero-order valence-corrected chi connectivity index (χ0v) is 6.58. The van der Waals surface area contributed by atoms with Crippen LogP contribution < -0.4 is 5.32 Å². The van der Waals surface area contributed by atoms with E-state index in [1.165, 1.54) is 0 Å². The molecule has 1 amide bonds. The summed E-state index contributed by atoms with van der Waals surface area (Å²) in [6, 6.07) is 0. The van der Waals surface area contributed by atoms with E-state index < -0.39 is 18.3 Å². The Morgan fingerprint density at radius 1 is 1.42 bits per heavy atom. The molecule has 0 aliphatic carbocycles. The van der Waals surface area contributed by atoms with Crippen LogP contribution in [0.5, 0.6) is 0 Å². The zero-order chi connectivity index (χ0) is 9.40. The van der Waals surface area contributed by atoms with E-state index in [4.69, 9.17) is 5.11 Å². The van der Waals surface area contributed by atoms with Gasteiger partial charge in [0.1, 0.15) is 12.7 Å². The zero-order valence-electron chi connectivity index (χ0n) is 6.58. The van der Waals surface area contributed by atoms with Crippen molar-refractivity contribution in [2.75, 3.05) is 6.54 Å². The van der Waals surface area contributed by atoms with Gasteiger partial charge in [-0.2, -0.15) is 0 Å². The van der Waals surface area contributed by atoms with Gasteiger partial charge in [-0.25, -0.2) is 0 Å². The van der Waals surface area contributed by atoms with E-state index in [0.717, 1.165) is 6.29 Å². The van der Waals surface area contributed by atoms with Crippen LogP contribution in [-0.4, -0.2) is 29.8 Å². The van der Waals surface area contributed by atoms with Crippen LogP contribution in [0.2, 0.25) is 0 Å². The van der Waals surface area contributed by atoms with Crippen LogP contribution >= 0.6 is 0 Å². The number of carbonyl (C=O) groups excluding carboxylic acids is 2. The fourth-order valence-corrected chi connectivity index (χ4v) is 0.613. The number of aliphatic carboxylic acids is 1. The minimum atomic E-state index is -1.15. The predicted octanol–water partition coefficient (Wildman–Crippen LogP) is -0.444. The van der Waals surface area contributed by atoms with Gasteiger partial charge in [-0.15, -0.1) is 0 Å². The first-order valence-electron chi connectivity index (χ1n) is 3.59. The molecule has 2 N–H and O–H groups in total. The normalized spacial score (nSPS) is 9.00. The highest BCUT2D eigenvalue weighted by molar-refractivity contribution is 5.93. The third-order valence-corrected chi connectivity index (χ3v) is 1.13. The van der Waals surface area contributed by atoms with Crippen molar-refractivity contribution in [1.29, 1.82) is 0 Å². The highest BCUT2D eigenvalue weighted by Crippen LogP contribution is 1.83. The van der Waals surface area contributed by atoms with Gasteiger partial charge in [-0.1, -0.05) is 0 Å². The van der Waals surface area contributed by atoms with Crippen molar-refractivity contribution in [2.24, 2.45) is 0 Å². The number of amides is 1. The van der Waals surface area contributed by atoms with E-state index in [9.17, 15) is 14.4 Å². The summed E-state index contributed by atoms with van der Waals surface area (Å²) >= 11 is 0. The lowest BCUT2D eigenvalue weighted by molar-refractivity contribution is -0.140. The molecule has 0 aliphatic rings. The van der Waals surface area contributed by atoms with Crippen LogP contribution in [-0.2, 0) is 14.4 Å². The molecule has 0 rings (SSSR count). The average molecular weight is 173 g/mol. The molecule has 0 spiro atoms. The first kappa shape index (κ1) is 10.6. The summed E-state index contributed by atoms with van der Waals surface area (Å²) in [6.07, 6.45) is 1.17. The molecule has 0 aromatic rings. The average Bonchev–Trinajstić information content (AvgIpc) is 1.97. The molecule has 0 heterocycles. The van der Waals surface area contributed by atoms with Crippen LogP contribution in [0.3, 0.4) is 0 Å². The number of hydrogen-bond acceptors (Lipinski definition) is 3. The Morgan fingerprint density at radius 3 is 2.58 bits per heavy atom. The van der Waals surface area contributed by atoms with Crippen LogP contribution in [0.15, 0.2) is 0 Å². The highest BCUT2D eigenvalue weighted by Gasteiger charge is 2.05. The number of unbranched alkanes of at least 4 members (excludes halogenated alkanes) is 1. The van der Waals surface area contributed by atoms with Crippen molar-refractivity contribution in [3.8, 4) is 0 Å². The molecule has 68 valence electrons. The molecule has 5 heteroatoms. The minimum absolute atomic E-state index is 0.352. The smallest absolute Gasteiger partial charge is 0.312 e. The molecule has 0 aliphatic heterocycles. The molecular formula is C7H11NO4. The van der Waals surface area contributed by atoms with Gasteiger partial charge in [0.25, 0.3) is 0 Å². The molecule has 0 saturated heterocycles. The first-order valence-corrected chi connectivity index (χ1v) is 3.59. The second kappa shape index (κ2) is 6.33. The molecule has 0 aromatic carbocycles. The van der Waals surface area contributed by atoms with Crippen molar-refractivity contribution >= 4 is 18.2 Å². The summed E-state index contributed by atoms with van der Waals surface area (Å²) < 4.78 is 0. The van der Waals surface area contributed by atoms with Gasteiger partial charge in [-0.3, -0.25) is 9.59 Å². The molecule has 0 unspecified atom stereocenters. The van der Waals surface area contributed by atoms with Gasteiger partial charge in [0, 0.05) is 13.0 Å². The maximum atomic E-state index is 10.6. The largest absolute Gasteiger partial charge is 0.481 e. The monoisotopic (exact) mass is 173 g/mol. The van der Waals surface area contributed by atoms with Crippen molar-refractivity contribution in [2.45, 2.75) is 19.3 Å². The van der Waals surface area contributed by atoms with Crippen LogP contribution in [0.25, 0.3) is 0 Å². The number of aldehydes is 1. The number of rotatable bonds is 6. The maximum Gasteiger partial charge on any atom is 0.312 e. The number of carboxylic acid groups (broad SMARTS) is 1. The molecule has 5 nitrogen and oxygen atoms in total. The number of carboxylic acids is 1. The van der Waals surface area contributed by atoms with E-state index in [1.807, 2.05) is 0 Å². The number of nitrogens with one attached hydrogen (secondary N) is 1. The Kier molecular flexibility index (Phi) is 5.60. The molecule has 0 atom stereocenters. The van der Waals surface area contributed by atoms with Gasteiger partial charge in [0.05, 0.1) is 0 Å². The molecule has 0 fully saturated rings. The standard InChI is InChI=1S/C7H11NO4/c9-4-2-1-3-8-6(10)5-7(11)12/h4H,1-3,5H2,(H,8,10)(H,11,12). The Labute approximate surface area is 69.8 Å². The van der Waals surface area contributed by atoms with Gasteiger partial charge in [-0.05, 0) is 6.42 Å². The number of carbonyl (C=O) groups is 3. The summed E-state index contributed by atoms with van der Waals surface area (Å²) in [5, 5.41) is 10.5. The van der Waals surface area contributed by atoms with Crippen molar-refractivity contribution in [3.05, 3.63) is 0 Å². The fourth-order valence-electron chi connectivity index (χ4n) is 0.613. The van der Waals surface area contributed by atoms with Gasteiger partial charge in [0.15, 0.2) is 0 Å². The van der Waals surface area contributed by atoms with E-state index >= 15 is 0 Å². The molecule has 0 radical (unpaired) electrons. The first-order chi connectivity index (χ1) is 5.66. The highest BCUT2D eigenvalue weighted by atomic mass is 16.4. The Morgan fingerprint density at radius 2 is 2.08 bits per heavy atom. The lowest BCUT2D eigenvalue weighted by Crippen LogP contribution is -2.26.